The van der Waals surface area contributed by atoms with Crippen molar-refractivity contribution in [2.24, 2.45) is 0 Å². The Morgan fingerprint density at radius 3 is 2.37 bits per heavy atom. The highest BCUT2D eigenvalue weighted by molar-refractivity contribution is 5.85. The van der Waals surface area contributed by atoms with Gasteiger partial charge in [0, 0.05) is 0 Å². The van der Waals surface area contributed by atoms with E-state index in [9.17, 15) is 9.90 Å². The molecule has 0 spiro atoms. The van der Waals surface area contributed by atoms with E-state index in [2.05, 4.69) is 19.1 Å². The van der Waals surface area contributed by atoms with Crippen LogP contribution in [0.15, 0.2) is 48.5 Å². The third-order valence-electron chi connectivity index (χ3n) is 4.03. The van der Waals surface area contributed by atoms with Crippen molar-refractivity contribution in [3.05, 3.63) is 59.7 Å². The van der Waals surface area contributed by atoms with Crippen molar-refractivity contribution in [1.82, 2.24) is 0 Å². The molecule has 0 aliphatic heterocycles. The van der Waals surface area contributed by atoms with Crippen molar-refractivity contribution in [3.8, 4) is 11.1 Å². The van der Waals surface area contributed by atoms with Crippen molar-refractivity contribution in [1.29, 1.82) is 0 Å². The molecule has 1 fully saturated rings. The number of rotatable bonds is 3. The average Bonchev–Trinajstić information content (AvgIpc) is 3.22. The molecular formula is C17H16O2. The molecule has 2 aromatic rings. The number of hydrogen-bond acceptors (Lipinski definition) is 1. The molecule has 1 saturated carbocycles. The number of aliphatic carboxylic acids is 1. The largest absolute Gasteiger partial charge is 0.481 e. The molecule has 0 amide bonds. The fourth-order valence-electron chi connectivity index (χ4n) is 2.60. The van der Waals surface area contributed by atoms with Crippen molar-refractivity contribution in [2.45, 2.75) is 25.2 Å². The highest BCUT2D eigenvalue weighted by Gasteiger charge is 2.51. The van der Waals surface area contributed by atoms with Gasteiger partial charge in [0.2, 0.25) is 0 Å². The summed E-state index contributed by atoms with van der Waals surface area (Å²) >= 11 is 0. The number of carboxylic acids is 1. The topological polar surface area (TPSA) is 37.3 Å². The molecule has 2 heteroatoms. The summed E-state index contributed by atoms with van der Waals surface area (Å²) in [6.45, 7) is 2.06. The quantitative estimate of drug-likeness (QED) is 0.902. The summed E-state index contributed by atoms with van der Waals surface area (Å²) in [5.41, 5.74) is 3.76. The van der Waals surface area contributed by atoms with Crippen LogP contribution < -0.4 is 0 Å². The van der Waals surface area contributed by atoms with Crippen LogP contribution in [0.25, 0.3) is 11.1 Å². The minimum Gasteiger partial charge on any atom is -0.481 e. The molecule has 19 heavy (non-hydrogen) atoms. The van der Waals surface area contributed by atoms with Gasteiger partial charge in [-0.15, -0.1) is 0 Å². The second kappa shape index (κ2) is 4.23. The van der Waals surface area contributed by atoms with E-state index in [1.165, 1.54) is 5.56 Å². The summed E-state index contributed by atoms with van der Waals surface area (Å²) in [5.74, 6) is -0.699. The molecule has 0 saturated heterocycles. The van der Waals surface area contributed by atoms with Crippen molar-refractivity contribution in [2.75, 3.05) is 0 Å². The van der Waals surface area contributed by atoms with E-state index in [1.54, 1.807) is 0 Å². The Hall–Kier alpha value is -2.09. The van der Waals surface area contributed by atoms with Gasteiger partial charge in [-0.25, -0.2) is 0 Å². The van der Waals surface area contributed by atoms with Crippen LogP contribution in [0.2, 0.25) is 0 Å². The van der Waals surface area contributed by atoms with Crippen molar-refractivity contribution < 1.29 is 9.90 Å². The van der Waals surface area contributed by atoms with Gasteiger partial charge in [-0.05, 0) is 48.1 Å². The zero-order valence-corrected chi connectivity index (χ0v) is 10.9. The lowest BCUT2D eigenvalue weighted by molar-refractivity contribution is -0.140. The van der Waals surface area contributed by atoms with E-state index < -0.39 is 11.4 Å². The van der Waals surface area contributed by atoms with Gasteiger partial charge in [-0.1, -0.05) is 42.5 Å². The van der Waals surface area contributed by atoms with Crippen LogP contribution in [0.3, 0.4) is 0 Å². The number of hydrogen-bond donors (Lipinski definition) is 1. The van der Waals surface area contributed by atoms with E-state index in [4.69, 9.17) is 0 Å². The molecule has 2 nitrogen and oxygen atoms in total. The van der Waals surface area contributed by atoms with Gasteiger partial charge in [-0.3, -0.25) is 4.79 Å². The zero-order chi connectivity index (χ0) is 13.5. The van der Waals surface area contributed by atoms with Gasteiger partial charge in [-0.2, -0.15) is 0 Å². The SMILES string of the molecule is Cc1ccc(C2(C(=O)O)CC2)cc1-c1ccccc1. The first-order valence-corrected chi connectivity index (χ1v) is 6.53. The Kier molecular flexibility index (Phi) is 2.67. The first-order chi connectivity index (χ1) is 9.13. The maximum absolute atomic E-state index is 11.4. The summed E-state index contributed by atoms with van der Waals surface area (Å²) in [7, 11) is 0. The second-order valence-corrected chi connectivity index (χ2v) is 5.28. The fourth-order valence-corrected chi connectivity index (χ4v) is 2.60. The van der Waals surface area contributed by atoms with Gasteiger partial charge in [0.1, 0.15) is 0 Å². The standard InChI is InChI=1S/C17H16O2/c1-12-7-8-14(17(9-10-17)16(18)19)11-15(12)13-5-3-2-4-6-13/h2-8,11H,9-10H2,1H3,(H,18,19). The molecule has 1 N–H and O–H groups in total. The normalized spacial score (nSPS) is 16.1. The van der Waals surface area contributed by atoms with Gasteiger partial charge in [0.05, 0.1) is 5.41 Å². The predicted molar refractivity (Wildman–Crippen MR) is 75.2 cm³/mol. The Morgan fingerprint density at radius 2 is 1.79 bits per heavy atom. The van der Waals surface area contributed by atoms with Gasteiger partial charge >= 0.3 is 5.97 Å². The smallest absolute Gasteiger partial charge is 0.314 e. The Labute approximate surface area is 112 Å². The predicted octanol–water partition coefficient (Wildman–Crippen LogP) is 3.78. The molecule has 0 aromatic heterocycles. The molecule has 0 atom stereocenters. The fraction of sp³-hybridized carbons (Fsp3) is 0.235. The molecule has 96 valence electrons. The van der Waals surface area contributed by atoms with E-state index in [-0.39, 0.29) is 0 Å². The summed E-state index contributed by atoms with van der Waals surface area (Å²) in [4.78, 5) is 11.4. The van der Waals surface area contributed by atoms with Crippen LogP contribution in [-0.2, 0) is 10.2 Å². The third kappa shape index (κ3) is 1.93. The molecule has 0 heterocycles. The van der Waals surface area contributed by atoms with Crippen LogP contribution in [-0.4, -0.2) is 11.1 Å². The minimum atomic E-state index is -0.699. The molecule has 0 unspecified atom stereocenters. The lowest BCUT2D eigenvalue weighted by atomic mass is 9.90. The maximum atomic E-state index is 11.4. The van der Waals surface area contributed by atoms with E-state index in [1.807, 2.05) is 36.4 Å². The minimum absolute atomic E-state index is 0.628. The van der Waals surface area contributed by atoms with E-state index in [0.717, 1.165) is 29.5 Å². The molecule has 1 aliphatic rings. The third-order valence-corrected chi connectivity index (χ3v) is 4.03. The van der Waals surface area contributed by atoms with Gasteiger partial charge < -0.3 is 5.11 Å². The first kappa shape index (κ1) is 12.0. The lowest BCUT2D eigenvalue weighted by Crippen LogP contribution is -2.19. The molecular weight excluding hydrogens is 236 g/mol. The van der Waals surface area contributed by atoms with Crippen molar-refractivity contribution >= 4 is 5.97 Å². The summed E-state index contributed by atoms with van der Waals surface area (Å²) < 4.78 is 0. The molecule has 0 radical (unpaired) electrons. The molecule has 2 aromatic carbocycles. The number of aryl methyl sites for hydroxylation is 1. The van der Waals surface area contributed by atoms with Crippen LogP contribution in [0.4, 0.5) is 0 Å². The first-order valence-electron chi connectivity index (χ1n) is 6.53. The second-order valence-electron chi connectivity index (χ2n) is 5.28. The van der Waals surface area contributed by atoms with E-state index >= 15 is 0 Å². The van der Waals surface area contributed by atoms with Gasteiger partial charge in [0.25, 0.3) is 0 Å². The monoisotopic (exact) mass is 252 g/mol. The van der Waals surface area contributed by atoms with Crippen LogP contribution in [0.5, 0.6) is 0 Å². The molecule has 3 rings (SSSR count). The Bertz CT molecular complexity index is 625. The van der Waals surface area contributed by atoms with Crippen molar-refractivity contribution in [3.63, 3.8) is 0 Å². The number of benzene rings is 2. The average molecular weight is 252 g/mol. The summed E-state index contributed by atoms with van der Waals surface area (Å²) in [6, 6.07) is 16.2. The molecule has 0 bridgehead atoms. The van der Waals surface area contributed by atoms with E-state index in [0.29, 0.717) is 0 Å². The zero-order valence-electron chi connectivity index (χ0n) is 10.9. The van der Waals surface area contributed by atoms with Crippen LogP contribution >= 0.6 is 0 Å². The lowest BCUT2D eigenvalue weighted by Gasteiger charge is -2.14. The highest BCUT2D eigenvalue weighted by atomic mass is 16.4. The highest BCUT2D eigenvalue weighted by Crippen LogP contribution is 2.49. The maximum Gasteiger partial charge on any atom is 0.314 e. The Balaban J connectivity index is 2.10. The van der Waals surface area contributed by atoms with Crippen LogP contribution in [0.1, 0.15) is 24.0 Å². The van der Waals surface area contributed by atoms with Gasteiger partial charge in [0.15, 0.2) is 0 Å². The summed E-state index contributed by atoms with van der Waals surface area (Å²) in [5, 5.41) is 9.39. The number of carbonyl (C=O) groups is 1. The number of carboxylic acid groups (broad SMARTS) is 1. The molecule has 1 aliphatic carbocycles. The Morgan fingerprint density at radius 1 is 1.11 bits per heavy atom. The summed E-state index contributed by atoms with van der Waals surface area (Å²) in [6.07, 6.45) is 1.50. The van der Waals surface area contributed by atoms with Crippen LogP contribution in [0, 0.1) is 6.92 Å².